The Kier molecular flexibility index (Phi) is 10.6. The highest BCUT2D eigenvalue weighted by atomic mass is 16.5. The number of para-hydroxylation sites is 3. The van der Waals surface area contributed by atoms with Crippen molar-refractivity contribution in [2.45, 2.75) is 57.4 Å². The number of methoxy groups -OCH3 is 1. The Morgan fingerprint density at radius 3 is 2.31 bits per heavy atom. The van der Waals surface area contributed by atoms with Gasteiger partial charge in [-0.15, -0.1) is 0 Å². The summed E-state index contributed by atoms with van der Waals surface area (Å²) in [7, 11) is 1.64. The standard InChI is InChI=1S/C48H49N3O7/c1-32-45(47(2,3)35-21-23-37(56-4)24-22-35)42(28-43(53)49(25-26-52)29-33-13-6-5-7-14-33)58-48(32)38-17-8-9-18-39(38)50(46(48)55)30-34-15-12-16-36(27-34)51-40-19-10-11-20-41(40)57-31-44(51)54/h5-24,27,32,42,45,52H,25-26,28-31H2,1-4H3/t32-,42+,45-,48+/m1/s1. The molecule has 0 unspecified atom stereocenters. The summed E-state index contributed by atoms with van der Waals surface area (Å²) in [5, 5.41) is 10.0. The van der Waals surface area contributed by atoms with Crippen LogP contribution in [0.4, 0.5) is 17.1 Å². The molecule has 0 bridgehead atoms. The maximum absolute atomic E-state index is 15.4. The normalized spacial score (nSPS) is 21.2. The minimum atomic E-state index is -1.38. The van der Waals surface area contributed by atoms with Crippen molar-refractivity contribution in [2.75, 3.05) is 36.7 Å². The Hall–Kier alpha value is -5.97. The summed E-state index contributed by atoms with van der Waals surface area (Å²) in [5.41, 5.74) is 3.75. The zero-order valence-electron chi connectivity index (χ0n) is 33.3. The molecule has 5 aromatic rings. The van der Waals surface area contributed by atoms with Crippen molar-refractivity contribution in [1.29, 1.82) is 0 Å². The van der Waals surface area contributed by atoms with Crippen molar-refractivity contribution >= 4 is 34.8 Å². The lowest BCUT2D eigenvalue weighted by atomic mass is 9.63. The second kappa shape index (κ2) is 15.8. The van der Waals surface area contributed by atoms with Crippen LogP contribution >= 0.6 is 0 Å². The van der Waals surface area contributed by atoms with Crippen molar-refractivity contribution in [2.24, 2.45) is 11.8 Å². The van der Waals surface area contributed by atoms with Crippen molar-refractivity contribution < 1.29 is 33.7 Å². The van der Waals surface area contributed by atoms with Gasteiger partial charge in [-0.2, -0.15) is 0 Å². The topological polar surface area (TPSA) is 109 Å². The number of fused-ring (bicyclic) bond motifs is 3. The van der Waals surface area contributed by atoms with E-state index in [4.69, 9.17) is 14.2 Å². The molecule has 3 heterocycles. The van der Waals surface area contributed by atoms with E-state index in [1.54, 1.807) is 21.8 Å². The summed E-state index contributed by atoms with van der Waals surface area (Å²) in [6.07, 6.45) is -0.625. The monoisotopic (exact) mass is 779 g/mol. The molecule has 58 heavy (non-hydrogen) atoms. The highest BCUT2D eigenvalue weighted by Gasteiger charge is 2.66. The van der Waals surface area contributed by atoms with E-state index in [1.165, 1.54) is 0 Å². The lowest BCUT2D eigenvalue weighted by molar-refractivity contribution is -0.150. The lowest BCUT2D eigenvalue weighted by Crippen LogP contribution is -2.45. The number of rotatable bonds is 12. The van der Waals surface area contributed by atoms with E-state index in [0.29, 0.717) is 23.7 Å². The predicted octanol–water partition coefficient (Wildman–Crippen LogP) is 7.53. The van der Waals surface area contributed by atoms with Gasteiger partial charge in [0, 0.05) is 36.2 Å². The Bertz CT molecular complexity index is 2310. The van der Waals surface area contributed by atoms with Gasteiger partial charge >= 0.3 is 0 Å². The van der Waals surface area contributed by atoms with E-state index in [1.807, 2.05) is 127 Å². The summed E-state index contributed by atoms with van der Waals surface area (Å²) < 4.78 is 18.4. The molecule has 4 atom stereocenters. The van der Waals surface area contributed by atoms with Crippen LogP contribution in [0.15, 0.2) is 127 Å². The SMILES string of the molecule is COc1ccc(C(C)(C)[C@H]2[C@H](CC(=O)N(CCO)Cc3ccccc3)O[C@@]3(C(=O)N(Cc4cccc(N5C(=O)COc6ccccc65)c4)c4ccccc43)[C@@H]2C)cc1. The molecule has 10 nitrogen and oxygen atoms in total. The van der Waals surface area contributed by atoms with Gasteiger partial charge in [-0.1, -0.05) is 106 Å². The molecule has 1 saturated heterocycles. The van der Waals surface area contributed by atoms with Crippen LogP contribution in [0.1, 0.15) is 49.4 Å². The largest absolute Gasteiger partial charge is 0.497 e. The van der Waals surface area contributed by atoms with Crippen molar-refractivity contribution in [3.63, 3.8) is 0 Å². The third-order valence-electron chi connectivity index (χ3n) is 12.3. The predicted molar refractivity (Wildman–Crippen MR) is 222 cm³/mol. The van der Waals surface area contributed by atoms with Crippen LogP contribution < -0.4 is 19.3 Å². The van der Waals surface area contributed by atoms with Crippen LogP contribution in [0, 0.1) is 11.8 Å². The molecular weight excluding hydrogens is 731 g/mol. The summed E-state index contributed by atoms with van der Waals surface area (Å²) in [4.78, 5) is 48.1. The minimum absolute atomic E-state index is 0.0235. The second-order valence-electron chi connectivity index (χ2n) is 15.9. The average molecular weight is 780 g/mol. The first-order valence-electron chi connectivity index (χ1n) is 19.9. The van der Waals surface area contributed by atoms with Gasteiger partial charge in [0.1, 0.15) is 11.5 Å². The lowest BCUT2D eigenvalue weighted by Gasteiger charge is -2.39. The number of carbonyl (C=O) groups is 3. The number of carbonyl (C=O) groups excluding carboxylic acids is 3. The van der Waals surface area contributed by atoms with Gasteiger partial charge in [-0.25, -0.2) is 0 Å². The fraction of sp³-hybridized carbons (Fsp3) is 0.312. The molecule has 8 rings (SSSR count). The second-order valence-corrected chi connectivity index (χ2v) is 15.9. The molecule has 3 aliphatic heterocycles. The van der Waals surface area contributed by atoms with E-state index < -0.39 is 17.1 Å². The number of aliphatic hydroxyl groups excluding tert-OH is 1. The van der Waals surface area contributed by atoms with Gasteiger partial charge in [0.05, 0.1) is 44.2 Å². The third kappa shape index (κ3) is 6.80. The number of ether oxygens (including phenoxy) is 3. The summed E-state index contributed by atoms with van der Waals surface area (Å²) in [6.45, 7) is 6.89. The first-order valence-corrected chi connectivity index (χ1v) is 19.9. The smallest absolute Gasteiger partial charge is 0.269 e. The number of nitrogens with zero attached hydrogens (tertiary/aromatic N) is 3. The molecule has 3 amide bonds. The van der Waals surface area contributed by atoms with Crippen LogP contribution in [0.2, 0.25) is 0 Å². The molecule has 3 aliphatic rings. The molecule has 0 aromatic heterocycles. The number of hydrogen-bond acceptors (Lipinski definition) is 7. The molecule has 298 valence electrons. The Balaban J connectivity index is 1.16. The van der Waals surface area contributed by atoms with E-state index in [0.717, 1.165) is 33.7 Å². The van der Waals surface area contributed by atoms with E-state index in [9.17, 15) is 14.7 Å². The molecule has 1 N–H and O–H groups in total. The zero-order chi connectivity index (χ0) is 40.6. The molecular formula is C48H49N3O7. The molecule has 10 heteroatoms. The summed E-state index contributed by atoms with van der Waals surface area (Å²) in [6, 6.07) is 40.6. The van der Waals surface area contributed by atoms with Gasteiger partial charge in [0.2, 0.25) is 5.91 Å². The van der Waals surface area contributed by atoms with Gasteiger partial charge in [-0.3, -0.25) is 19.3 Å². The van der Waals surface area contributed by atoms with Crippen LogP contribution in [-0.4, -0.2) is 60.7 Å². The van der Waals surface area contributed by atoms with E-state index in [2.05, 4.69) is 20.8 Å². The molecule has 1 spiro atoms. The van der Waals surface area contributed by atoms with E-state index >= 15 is 4.79 Å². The van der Waals surface area contributed by atoms with Crippen LogP contribution in [0.25, 0.3) is 0 Å². The quantitative estimate of drug-likeness (QED) is 0.140. The zero-order valence-corrected chi connectivity index (χ0v) is 33.3. The third-order valence-corrected chi connectivity index (χ3v) is 12.3. The molecule has 5 aromatic carbocycles. The van der Waals surface area contributed by atoms with Crippen LogP contribution in [0.3, 0.4) is 0 Å². The minimum Gasteiger partial charge on any atom is -0.497 e. The number of aliphatic hydroxyl groups is 1. The maximum atomic E-state index is 15.4. The van der Waals surface area contributed by atoms with Crippen LogP contribution in [0.5, 0.6) is 11.5 Å². The number of anilines is 3. The Labute approximate surface area is 339 Å². The number of amides is 3. The highest BCUT2D eigenvalue weighted by molar-refractivity contribution is 6.08. The van der Waals surface area contributed by atoms with Crippen molar-refractivity contribution in [3.05, 3.63) is 150 Å². The van der Waals surface area contributed by atoms with Gasteiger partial charge in [0.15, 0.2) is 12.2 Å². The fourth-order valence-corrected chi connectivity index (χ4v) is 9.50. The van der Waals surface area contributed by atoms with Gasteiger partial charge in [0.25, 0.3) is 11.8 Å². The first kappa shape index (κ1) is 38.9. The summed E-state index contributed by atoms with van der Waals surface area (Å²) in [5.74, 6) is 0.181. The molecule has 1 fully saturated rings. The Morgan fingerprint density at radius 1 is 0.879 bits per heavy atom. The van der Waals surface area contributed by atoms with E-state index in [-0.39, 0.29) is 62.3 Å². The molecule has 0 aliphatic carbocycles. The number of hydrogen-bond donors (Lipinski definition) is 1. The van der Waals surface area contributed by atoms with Gasteiger partial charge in [-0.05, 0) is 64.6 Å². The highest BCUT2D eigenvalue weighted by Crippen LogP contribution is 2.60. The summed E-state index contributed by atoms with van der Waals surface area (Å²) >= 11 is 0. The first-order chi connectivity index (χ1) is 28.1. The Morgan fingerprint density at radius 2 is 1.57 bits per heavy atom. The van der Waals surface area contributed by atoms with Crippen LogP contribution in [-0.2, 0) is 43.2 Å². The fourth-order valence-electron chi connectivity index (χ4n) is 9.50. The molecule has 0 radical (unpaired) electrons. The van der Waals surface area contributed by atoms with Crippen molar-refractivity contribution in [1.82, 2.24) is 4.90 Å². The number of benzene rings is 5. The van der Waals surface area contributed by atoms with Crippen molar-refractivity contribution in [3.8, 4) is 11.5 Å². The maximum Gasteiger partial charge on any atom is 0.269 e. The van der Waals surface area contributed by atoms with Gasteiger partial charge < -0.3 is 29.1 Å². The molecule has 0 saturated carbocycles. The average Bonchev–Trinajstić information content (AvgIpc) is 3.67.